The smallest absolute Gasteiger partial charge is 0.137 e. The van der Waals surface area contributed by atoms with Gasteiger partial charge >= 0.3 is 0 Å². The van der Waals surface area contributed by atoms with E-state index in [1.165, 1.54) is 0 Å². The summed E-state index contributed by atoms with van der Waals surface area (Å²) in [6.07, 6.45) is 1.78. The second-order valence-corrected chi connectivity index (χ2v) is 6.00. The van der Waals surface area contributed by atoms with E-state index in [4.69, 9.17) is 11.6 Å². The van der Waals surface area contributed by atoms with Gasteiger partial charge in [-0.25, -0.2) is 9.97 Å². The second kappa shape index (κ2) is 4.67. The monoisotopic (exact) mass is 269 g/mol. The Morgan fingerprint density at radius 2 is 2.00 bits per heavy atom. The standard InChI is InChI=1S/C13H20ClN3O/c1-7-10(14)15-12(9-5-6-9)16-11(7)17-13(3,4)8(2)18/h8-9,18H,5-6H2,1-4H3,(H,15,16,17). The fourth-order valence-corrected chi connectivity index (χ4v) is 1.74. The molecule has 0 aromatic carbocycles. The number of rotatable bonds is 4. The molecule has 100 valence electrons. The summed E-state index contributed by atoms with van der Waals surface area (Å²) in [5.74, 6) is 2.00. The first-order chi connectivity index (χ1) is 8.31. The molecule has 1 aromatic rings. The van der Waals surface area contributed by atoms with E-state index >= 15 is 0 Å². The summed E-state index contributed by atoms with van der Waals surface area (Å²) in [6, 6.07) is 0. The number of anilines is 1. The maximum atomic E-state index is 9.75. The van der Waals surface area contributed by atoms with Crippen LogP contribution in [0.3, 0.4) is 0 Å². The minimum Gasteiger partial charge on any atom is -0.391 e. The van der Waals surface area contributed by atoms with Crippen molar-refractivity contribution in [2.45, 2.75) is 58.1 Å². The number of halogens is 1. The molecule has 0 aliphatic heterocycles. The third-order valence-electron chi connectivity index (χ3n) is 3.53. The summed E-state index contributed by atoms with van der Waals surface area (Å²) < 4.78 is 0. The molecule has 1 fully saturated rings. The van der Waals surface area contributed by atoms with Gasteiger partial charge in [0, 0.05) is 11.5 Å². The van der Waals surface area contributed by atoms with Crippen molar-refractivity contribution in [1.82, 2.24) is 9.97 Å². The van der Waals surface area contributed by atoms with Gasteiger partial charge in [0.05, 0.1) is 11.6 Å². The van der Waals surface area contributed by atoms with Gasteiger partial charge in [0.25, 0.3) is 0 Å². The third kappa shape index (κ3) is 2.75. The van der Waals surface area contributed by atoms with Gasteiger partial charge in [-0.1, -0.05) is 11.6 Å². The van der Waals surface area contributed by atoms with Crippen LogP contribution in [-0.2, 0) is 0 Å². The zero-order chi connectivity index (χ0) is 13.5. The van der Waals surface area contributed by atoms with Gasteiger partial charge in [0.15, 0.2) is 0 Å². The van der Waals surface area contributed by atoms with Crippen LogP contribution >= 0.6 is 11.6 Å². The van der Waals surface area contributed by atoms with Crippen molar-refractivity contribution in [3.05, 3.63) is 16.5 Å². The Hall–Kier alpha value is -0.870. The molecule has 2 rings (SSSR count). The summed E-state index contributed by atoms with van der Waals surface area (Å²) in [6.45, 7) is 7.51. The molecule has 0 spiro atoms. The molecule has 0 bridgehead atoms. The first-order valence-corrected chi connectivity index (χ1v) is 6.69. The molecular formula is C13H20ClN3O. The number of aromatic nitrogens is 2. The maximum Gasteiger partial charge on any atom is 0.137 e. The molecule has 1 saturated carbocycles. The lowest BCUT2D eigenvalue weighted by atomic mass is 9.98. The fourth-order valence-electron chi connectivity index (χ4n) is 1.56. The van der Waals surface area contributed by atoms with Crippen molar-refractivity contribution in [3.63, 3.8) is 0 Å². The van der Waals surface area contributed by atoms with Gasteiger partial charge in [-0.3, -0.25) is 0 Å². The van der Waals surface area contributed by atoms with E-state index in [-0.39, 0.29) is 0 Å². The van der Waals surface area contributed by atoms with Gasteiger partial charge in [-0.15, -0.1) is 0 Å². The molecule has 0 saturated heterocycles. The molecule has 18 heavy (non-hydrogen) atoms. The molecule has 0 radical (unpaired) electrons. The number of aliphatic hydroxyl groups excluding tert-OH is 1. The summed E-state index contributed by atoms with van der Waals surface area (Å²) >= 11 is 6.15. The van der Waals surface area contributed by atoms with Crippen LogP contribution in [0.4, 0.5) is 5.82 Å². The Morgan fingerprint density at radius 3 is 2.50 bits per heavy atom. The molecule has 2 N–H and O–H groups in total. The van der Waals surface area contributed by atoms with Gasteiger partial charge < -0.3 is 10.4 Å². The normalized spacial score (nSPS) is 17.7. The van der Waals surface area contributed by atoms with E-state index in [2.05, 4.69) is 15.3 Å². The van der Waals surface area contributed by atoms with Crippen LogP contribution in [-0.4, -0.2) is 26.7 Å². The summed E-state index contributed by atoms with van der Waals surface area (Å²) in [4.78, 5) is 8.87. The van der Waals surface area contributed by atoms with Crippen molar-refractivity contribution in [2.24, 2.45) is 0 Å². The number of aliphatic hydroxyl groups is 1. The van der Waals surface area contributed by atoms with Gasteiger partial charge in [-0.05, 0) is 40.5 Å². The lowest BCUT2D eigenvalue weighted by molar-refractivity contribution is 0.133. The number of hydrogen-bond donors (Lipinski definition) is 2. The average molecular weight is 270 g/mol. The lowest BCUT2D eigenvalue weighted by Gasteiger charge is -2.30. The second-order valence-electron chi connectivity index (χ2n) is 5.64. The Morgan fingerprint density at radius 1 is 1.39 bits per heavy atom. The Balaban J connectivity index is 2.31. The largest absolute Gasteiger partial charge is 0.391 e. The van der Waals surface area contributed by atoms with E-state index in [9.17, 15) is 5.11 Å². The topological polar surface area (TPSA) is 58.0 Å². The van der Waals surface area contributed by atoms with Gasteiger partial charge in [0.2, 0.25) is 0 Å². The van der Waals surface area contributed by atoms with Crippen LogP contribution in [0.2, 0.25) is 5.15 Å². The predicted octanol–water partition coefficient (Wildman–Crippen LogP) is 2.89. The molecule has 1 aliphatic rings. The highest BCUT2D eigenvalue weighted by atomic mass is 35.5. The van der Waals surface area contributed by atoms with Crippen LogP contribution in [0.15, 0.2) is 0 Å². The van der Waals surface area contributed by atoms with Crippen molar-refractivity contribution in [2.75, 3.05) is 5.32 Å². The Bertz CT molecular complexity index is 456. The van der Waals surface area contributed by atoms with Crippen molar-refractivity contribution >= 4 is 17.4 Å². The van der Waals surface area contributed by atoms with Crippen molar-refractivity contribution < 1.29 is 5.11 Å². The fraction of sp³-hybridized carbons (Fsp3) is 0.692. The van der Waals surface area contributed by atoms with E-state index < -0.39 is 11.6 Å². The zero-order valence-corrected chi connectivity index (χ0v) is 12.0. The lowest BCUT2D eigenvalue weighted by Crippen LogP contribution is -2.42. The highest BCUT2D eigenvalue weighted by Gasteiger charge is 2.30. The SMILES string of the molecule is Cc1c(Cl)nc(C2CC2)nc1NC(C)(C)C(C)O. The minimum absolute atomic E-state index is 0.455. The minimum atomic E-state index is -0.491. The zero-order valence-electron chi connectivity index (χ0n) is 11.3. The number of hydrogen-bond acceptors (Lipinski definition) is 4. The van der Waals surface area contributed by atoms with Crippen LogP contribution in [0.5, 0.6) is 0 Å². The maximum absolute atomic E-state index is 9.75. The van der Waals surface area contributed by atoms with Crippen LogP contribution in [0.1, 0.15) is 50.9 Å². The molecule has 1 unspecified atom stereocenters. The van der Waals surface area contributed by atoms with E-state index in [1.807, 2.05) is 20.8 Å². The molecule has 1 heterocycles. The molecule has 1 aromatic heterocycles. The quantitative estimate of drug-likeness (QED) is 0.826. The first-order valence-electron chi connectivity index (χ1n) is 6.31. The number of nitrogens with zero attached hydrogens (tertiary/aromatic N) is 2. The van der Waals surface area contributed by atoms with Crippen LogP contribution in [0.25, 0.3) is 0 Å². The summed E-state index contributed by atoms with van der Waals surface area (Å²) in [5, 5.41) is 13.5. The summed E-state index contributed by atoms with van der Waals surface area (Å²) in [5.41, 5.74) is 0.373. The third-order valence-corrected chi connectivity index (χ3v) is 3.90. The van der Waals surface area contributed by atoms with Crippen molar-refractivity contribution in [3.8, 4) is 0 Å². The number of nitrogens with one attached hydrogen (secondary N) is 1. The molecule has 4 nitrogen and oxygen atoms in total. The molecule has 1 aliphatic carbocycles. The van der Waals surface area contributed by atoms with Crippen LogP contribution < -0.4 is 5.32 Å². The van der Waals surface area contributed by atoms with Gasteiger partial charge in [0.1, 0.15) is 16.8 Å². The van der Waals surface area contributed by atoms with Gasteiger partial charge in [-0.2, -0.15) is 0 Å². The Kier molecular flexibility index (Phi) is 3.52. The Labute approximate surface area is 113 Å². The molecule has 1 atom stereocenters. The predicted molar refractivity (Wildman–Crippen MR) is 73.1 cm³/mol. The summed E-state index contributed by atoms with van der Waals surface area (Å²) in [7, 11) is 0. The van der Waals surface area contributed by atoms with E-state index in [0.29, 0.717) is 11.1 Å². The van der Waals surface area contributed by atoms with Crippen LogP contribution in [0, 0.1) is 6.92 Å². The van der Waals surface area contributed by atoms with E-state index in [1.54, 1.807) is 6.92 Å². The highest BCUT2D eigenvalue weighted by molar-refractivity contribution is 6.30. The average Bonchev–Trinajstić information content (AvgIpc) is 3.07. The first kappa shape index (κ1) is 13.6. The molecule has 5 heteroatoms. The molecular weight excluding hydrogens is 250 g/mol. The molecule has 0 amide bonds. The highest BCUT2D eigenvalue weighted by Crippen LogP contribution is 2.39. The van der Waals surface area contributed by atoms with Crippen molar-refractivity contribution in [1.29, 1.82) is 0 Å². The van der Waals surface area contributed by atoms with E-state index in [0.717, 1.165) is 30.0 Å².